The molecule has 1 aromatic heterocycles. The lowest BCUT2D eigenvalue weighted by molar-refractivity contribution is -0.140. The number of hydrogen-bond donors (Lipinski definition) is 0. The fourth-order valence-electron chi connectivity index (χ4n) is 2.92. The van der Waals surface area contributed by atoms with Crippen molar-refractivity contribution in [2.24, 2.45) is 5.92 Å². The maximum absolute atomic E-state index is 12.9. The first-order valence-corrected chi connectivity index (χ1v) is 6.87. The number of rotatable bonds is 1. The fraction of sp³-hybridized carbons (Fsp3) is 0.643. The molecule has 3 rings (SSSR count). The van der Waals surface area contributed by atoms with Gasteiger partial charge in [-0.15, -0.1) is 0 Å². The van der Waals surface area contributed by atoms with Crippen molar-refractivity contribution in [2.75, 3.05) is 13.1 Å². The minimum absolute atomic E-state index is 0.0941. The summed E-state index contributed by atoms with van der Waals surface area (Å²) in [4.78, 5) is 22.6. The molecule has 0 N–H and O–H groups in total. The molecule has 0 radical (unpaired) electrons. The zero-order valence-corrected chi connectivity index (χ0v) is 11.1. The summed E-state index contributed by atoms with van der Waals surface area (Å²) < 4.78 is 12.9. The monoisotopic (exact) mass is 263 g/mol. The van der Waals surface area contributed by atoms with Crippen molar-refractivity contribution < 1.29 is 9.18 Å². The van der Waals surface area contributed by atoms with Crippen LogP contribution in [0.25, 0.3) is 0 Å². The maximum atomic E-state index is 12.9. The maximum Gasteiger partial charge on any atom is 0.225 e. The summed E-state index contributed by atoms with van der Waals surface area (Å²) in [7, 11) is 0. The van der Waals surface area contributed by atoms with Crippen molar-refractivity contribution in [1.82, 2.24) is 14.9 Å². The first kappa shape index (κ1) is 12.5. The molecule has 1 aromatic rings. The fourth-order valence-corrected chi connectivity index (χ4v) is 2.92. The van der Waals surface area contributed by atoms with Gasteiger partial charge in [-0.1, -0.05) is 0 Å². The van der Waals surface area contributed by atoms with E-state index in [1.54, 1.807) is 6.33 Å². The average molecular weight is 263 g/mol. The lowest BCUT2D eigenvalue weighted by atomic mass is 9.82. The van der Waals surface area contributed by atoms with Crippen LogP contribution in [0, 0.1) is 12.8 Å². The first-order valence-electron chi connectivity index (χ1n) is 6.87. The van der Waals surface area contributed by atoms with Crippen molar-refractivity contribution in [3.63, 3.8) is 0 Å². The van der Waals surface area contributed by atoms with Crippen molar-refractivity contribution in [3.8, 4) is 0 Å². The third-order valence-corrected chi connectivity index (χ3v) is 4.24. The van der Waals surface area contributed by atoms with E-state index in [-0.39, 0.29) is 11.8 Å². The van der Waals surface area contributed by atoms with Gasteiger partial charge in [0.1, 0.15) is 12.5 Å². The molecular weight excluding hydrogens is 245 g/mol. The summed E-state index contributed by atoms with van der Waals surface area (Å²) in [5, 5.41) is 0. The molecule has 0 unspecified atom stereocenters. The Kier molecular flexibility index (Phi) is 3.21. The lowest BCUT2D eigenvalue weighted by Gasteiger charge is -2.33. The van der Waals surface area contributed by atoms with Crippen molar-refractivity contribution in [2.45, 2.75) is 38.8 Å². The number of carbonyl (C=O) groups is 1. The highest BCUT2D eigenvalue weighted by atomic mass is 19.1. The van der Waals surface area contributed by atoms with E-state index < -0.39 is 6.17 Å². The zero-order valence-electron chi connectivity index (χ0n) is 11.1. The van der Waals surface area contributed by atoms with Gasteiger partial charge in [0, 0.05) is 36.8 Å². The minimum atomic E-state index is -0.772. The van der Waals surface area contributed by atoms with Crippen molar-refractivity contribution >= 4 is 5.91 Å². The largest absolute Gasteiger partial charge is 0.342 e. The number of amides is 1. The van der Waals surface area contributed by atoms with Crippen molar-refractivity contribution in [3.05, 3.63) is 23.3 Å². The molecule has 0 atom stereocenters. The molecule has 1 saturated carbocycles. The van der Waals surface area contributed by atoms with E-state index in [2.05, 4.69) is 9.97 Å². The van der Waals surface area contributed by atoms with Gasteiger partial charge in [-0.25, -0.2) is 14.4 Å². The molecule has 0 saturated heterocycles. The van der Waals surface area contributed by atoms with Crippen molar-refractivity contribution in [1.29, 1.82) is 0 Å². The van der Waals surface area contributed by atoms with Gasteiger partial charge >= 0.3 is 0 Å². The summed E-state index contributed by atoms with van der Waals surface area (Å²) in [5.74, 6) is 0.0238. The van der Waals surface area contributed by atoms with Crippen LogP contribution in [-0.4, -0.2) is 40.0 Å². The molecule has 2 heterocycles. The molecule has 4 nitrogen and oxygen atoms in total. The molecule has 2 aliphatic rings. The van der Waals surface area contributed by atoms with Crippen LogP contribution in [0.15, 0.2) is 6.33 Å². The van der Waals surface area contributed by atoms with Gasteiger partial charge in [0.15, 0.2) is 0 Å². The Morgan fingerprint density at radius 1 is 1.32 bits per heavy atom. The summed E-state index contributed by atoms with van der Waals surface area (Å²) in [6.07, 6.45) is 3.20. The van der Waals surface area contributed by atoms with Crippen LogP contribution in [0.2, 0.25) is 0 Å². The predicted molar refractivity (Wildman–Crippen MR) is 68.4 cm³/mol. The van der Waals surface area contributed by atoms with E-state index in [0.717, 1.165) is 24.2 Å². The van der Waals surface area contributed by atoms with Crippen LogP contribution in [0.5, 0.6) is 0 Å². The second-order valence-corrected chi connectivity index (χ2v) is 5.48. The van der Waals surface area contributed by atoms with Crippen LogP contribution < -0.4 is 0 Å². The third-order valence-electron chi connectivity index (χ3n) is 4.24. The predicted octanol–water partition coefficient (Wildman–Crippen LogP) is 1.46. The number of fused-ring (bicyclic) bond motifs is 1. The molecule has 5 heteroatoms. The van der Waals surface area contributed by atoms with Crippen LogP contribution in [0.3, 0.4) is 0 Å². The molecule has 1 fully saturated rings. The van der Waals surface area contributed by atoms with Crippen LogP contribution in [-0.2, 0) is 17.6 Å². The van der Waals surface area contributed by atoms with E-state index in [0.29, 0.717) is 25.9 Å². The van der Waals surface area contributed by atoms with Gasteiger partial charge in [-0.3, -0.25) is 4.79 Å². The number of hydrogen-bond acceptors (Lipinski definition) is 3. The number of aromatic nitrogens is 2. The van der Waals surface area contributed by atoms with E-state index in [4.69, 9.17) is 0 Å². The van der Waals surface area contributed by atoms with E-state index in [1.807, 2.05) is 11.8 Å². The molecule has 1 aliphatic heterocycles. The Morgan fingerprint density at radius 2 is 2.05 bits per heavy atom. The van der Waals surface area contributed by atoms with Crippen LogP contribution in [0.1, 0.15) is 29.8 Å². The molecule has 1 amide bonds. The van der Waals surface area contributed by atoms with Gasteiger partial charge in [-0.2, -0.15) is 0 Å². The summed E-state index contributed by atoms with van der Waals surface area (Å²) >= 11 is 0. The number of aryl methyl sites for hydroxylation is 1. The lowest BCUT2D eigenvalue weighted by Crippen LogP contribution is -2.43. The molecule has 0 aromatic carbocycles. The Labute approximate surface area is 112 Å². The molecule has 0 spiro atoms. The standard InChI is InChI=1S/C14H18FN3O/c1-9-12-2-4-18(5-3-13(12)17-8-16-9)14(19)10-6-11(15)7-10/h8,10-11H,2-7H2,1H3. The van der Waals surface area contributed by atoms with E-state index >= 15 is 0 Å². The highest BCUT2D eigenvalue weighted by Gasteiger charge is 2.37. The normalized spacial score (nSPS) is 26.3. The molecule has 0 bridgehead atoms. The Morgan fingerprint density at radius 3 is 2.79 bits per heavy atom. The van der Waals surface area contributed by atoms with Gasteiger partial charge in [0.25, 0.3) is 0 Å². The molecule has 102 valence electrons. The molecule has 19 heavy (non-hydrogen) atoms. The quantitative estimate of drug-likeness (QED) is 0.770. The Hall–Kier alpha value is -1.52. The van der Waals surface area contributed by atoms with Gasteiger partial charge in [0.2, 0.25) is 5.91 Å². The van der Waals surface area contributed by atoms with Gasteiger partial charge in [0.05, 0.1) is 0 Å². The Bertz CT molecular complexity index is 499. The SMILES string of the molecule is Cc1ncnc2c1CCN(C(=O)C1CC(F)C1)CC2. The summed E-state index contributed by atoms with van der Waals surface area (Å²) in [6, 6.07) is 0. The summed E-state index contributed by atoms with van der Waals surface area (Å²) in [6.45, 7) is 3.38. The third kappa shape index (κ3) is 2.33. The second kappa shape index (κ2) is 4.87. The van der Waals surface area contributed by atoms with E-state index in [9.17, 15) is 9.18 Å². The van der Waals surface area contributed by atoms with Crippen LogP contribution >= 0.6 is 0 Å². The molecule has 1 aliphatic carbocycles. The number of carbonyl (C=O) groups excluding carboxylic acids is 1. The summed E-state index contributed by atoms with van der Waals surface area (Å²) in [5.41, 5.74) is 3.24. The highest BCUT2D eigenvalue weighted by molar-refractivity contribution is 5.80. The first-order chi connectivity index (χ1) is 9.15. The minimum Gasteiger partial charge on any atom is -0.342 e. The van der Waals surface area contributed by atoms with Gasteiger partial charge in [-0.05, 0) is 31.7 Å². The Balaban J connectivity index is 1.70. The molecular formula is C14H18FN3O. The number of halogens is 1. The average Bonchev–Trinajstić information content (AvgIpc) is 2.58. The van der Waals surface area contributed by atoms with Crippen LogP contribution in [0.4, 0.5) is 4.39 Å². The topological polar surface area (TPSA) is 46.1 Å². The smallest absolute Gasteiger partial charge is 0.225 e. The second-order valence-electron chi connectivity index (χ2n) is 5.48. The number of alkyl halides is 1. The zero-order chi connectivity index (χ0) is 13.4. The number of nitrogens with zero attached hydrogens (tertiary/aromatic N) is 3. The highest BCUT2D eigenvalue weighted by Crippen LogP contribution is 2.32. The van der Waals surface area contributed by atoms with Gasteiger partial charge < -0.3 is 4.90 Å². The van der Waals surface area contributed by atoms with E-state index in [1.165, 1.54) is 5.56 Å².